The van der Waals surface area contributed by atoms with Crippen molar-refractivity contribution < 1.29 is 4.79 Å². The van der Waals surface area contributed by atoms with Crippen LogP contribution in [0.2, 0.25) is 4.34 Å². The van der Waals surface area contributed by atoms with Crippen molar-refractivity contribution in [3.8, 4) is 0 Å². The molecule has 1 amide bonds. The molecule has 0 aromatic carbocycles. The van der Waals surface area contributed by atoms with Crippen LogP contribution in [0.1, 0.15) is 65.1 Å². The highest BCUT2D eigenvalue weighted by molar-refractivity contribution is 7.16. The van der Waals surface area contributed by atoms with Gasteiger partial charge >= 0.3 is 0 Å². The van der Waals surface area contributed by atoms with E-state index in [4.69, 9.17) is 22.0 Å². The molecule has 1 N–H and O–H groups in total. The van der Waals surface area contributed by atoms with Crippen molar-refractivity contribution in [3.05, 3.63) is 21.1 Å². The van der Waals surface area contributed by atoms with Gasteiger partial charge in [-0.15, -0.1) is 11.3 Å². The Bertz CT molecular complexity index is 716. The molecule has 1 aromatic heterocycles. The van der Waals surface area contributed by atoms with Crippen molar-refractivity contribution in [2.24, 2.45) is 16.3 Å². The molecule has 0 radical (unpaired) electrons. The highest BCUT2D eigenvalue weighted by atomic mass is 35.5. The normalized spacial score (nSPS) is 12.8. The summed E-state index contributed by atoms with van der Waals surface area (Å²) in [6.45, 7) is 13.7. The van der Waals surface area contributed by atoms with Gasteiger partial charge in [0.15, 0.2) is 0 Å². The fourth-order valence-corrected chi connectivity index (χ4v) is 3.54. The van der Waals surface area contributed by atoms with Gasteiger partial charge < -0.3 is 10.3 Å². The summed E-state index contributed by atoms with van der Waals surface area (Å²) in [6, 6.07) is 0. The molecule has 7 heteroatoms. The molecule has 0 fully saturated rings. The molecule has 156 valence electrons. The molecule has 0 unspecified atom stereocenters. The molecule has 0 spiro atoms. The SMILES string of the molecule is CCCN(C=O)CCCc1nc(/C(=C/C(=N)C(C)(C)C)N=CC(C)C)c(Cl)s1. The highest BCUT2D eigenvalue weighted by Gasteiger charge is 2.19. The smallest absolute Gasteiger partial charge is 0.209 e. The first kappa shape index (κ1) is 24.5. The molecule has 0 aliphatic carbocycles. The van der Waals surface area contributed by atoms with Crippen molar-refractivity contribution in [3.63, 3.8) is 0 Å². The van der Waals surface area contributed by atoms with E-state index in [-0.39, 0.29) is 11.3 Å². The van der Waals surface area contributed by atoms with Crippen LogP contribution in [-0.4, -0.2) is 41.3 Å². The summed E-state index contributed by atoms with van der Waals surface area (Å²) in [7, 11) is 0. The average molecular weight is 425 g/mol. The van der Waals surface area contributed by atoms with Gasteiger partial charge in [0.2, 0.25) is 6.41 Å². The maximum atomic E-state index is 11.0. The van der Waals surface area contributed by atoms with Crippen molar-refractivity contribution in [1.82, 2.24) is 9.88 Å². The van der Waals surface area contributed by atoms with Crippen LogP contribution in [0, 0.1) is 16.7 Å². The number of halogens is 1. The van der Waals surface area contributed by atoms with E-state index in [9.17, 15) is 4.79 Å². The Balaban J connectivity index is 3.02. The number of nitrogens with zero attached hydrogens (tertiary/aromatic N) is 3. The van der Waals surface area contributed by atoms with Crippen molar-refractivity contribution in [2.75, 3.05) is 13.1 Å². The fraction of sp³-hybridized carbons (Fsp3) is 0.619. The van der Waals surface area contributed by atoms with E-state index in [0.717, 1.165) is 37.2 Å². The van der Waals surface area contributed by atoms with Gasteiger partial charge in [-0.2, -0.15) is 0 Å². The molecule has 1 heterocycles. The molecule has 28 heavy (non-hydrogen) atoms. The van der Waals surface area contributed by atoms with Gasteiger partial charge in [0.1, 0.15) is 10.0 Å². The topological polar surface area (TPSA) is 69.4 Å². The number of nitrogens with one attached hydrogen (secondary N) is 1. The van der Waals surface area contributed by atoms with Crippen LogP contribution in [0.5, 0.6) is 0 Å². The van der Waals surface area contributed by atoms with Crippen molar-refractivity contribution in [2.45, 2.75) is 60.8 Å². The molecular weight excluding hydrogens is 392 g/mol. The van der Waals surface area contributed by atoms with Gasteiger partial charge in [-0.1, -0.05) is 53.1 Å². The van der Waals surface area contributed by atoms with Gasteiger partial charge in [-0.05, 0) is 24.8 Å². The standard InChI is InChI=1S/C21H33ClN4OS/c1-7-10-26(14-27)11-8-9-18-25-19(20(22)28-18)16(24-13-15(2)3)12-17(23)21(4,5)6/h12-15,23H,7-11H2,1-6H3/b16-12-,23-17?,24-13?. The Kier molecular flexibility index (Phi) is 10.0. The Morgan fingerprint density at radius 3 is 2.57 bits per heavy atom. The third-order valence-corrected chi connectivity index (χ3v) is 5.28. The number of amides is 1. The number of aliphatic imine (C=N–C) groups is 1. The lowest BCUT2D eigenvalue weighted by Gasteiger charge is -2.17. The monoisotopic (exact) mass is 424 g/mol. The lowest BCUT2D eigenvalue weighted by atomic mass is 9.89. The van der Waals surface area contributed by atoms with Crippen molar-refractivity contribution >= 4 is 47.0 Å². The van der Waals surface area contributed by atoms with E-state index >= 15 is 0 Å². The van der Waals surface area contributed by atoms with Crippen LogP contribution in [0.15, 0.2) is 11.1 Å². The molecular formula is C21H33ClN4OS. The van der Waals surface area contributed by atoms with E-state index in [1.807, 2.05) is 27.0 Å². The second-order valence-electron chi connectivity index (χ2n) is 8.19. The fourth-order valence-electron chi connectivity index (χ4n) is 2.30. The third kappa shape index (κ3) is 8.23. The molecule has 0 saturated carbocycles. The molecule has 0 aliphatic rings. The summed E-state index contributed by atoms with van der Waals surface area (Å²) in [5, 5.41) is 9.27. The predicted octanol–water partition coefficient (Wildman–Crippen LogP) is 5.73. The van der Waals surface area contributed by atoms with Crippen LogP contribution < -0.4 is 0 Å². The number of aryl methyl sites for hydroxylation is 1. The first-order valence-corrected chi connectivity index (χ1v) is 11.0. The maximum absolute atomic E-state index is 11.0. The zero-order valence-electron chi connectivity index (χ0n) is 17.9. The van der Waals surface area contributed by atoms with Crippen LogP contribution in [0.25, 0.3) is 5.70 Å². The summed E-state index contributed by atoms with van der Waals surface area (Å²) in [4.78, 5) is 22.1. The quantitative estimate of drug-likeness (QED) is 0.364. The molecule has 0 aliphatic heterocycles. The summed E-state index contributed by atoms with van der Waals surface area (Å²) in [5.74, 6) is 0.289. The number of hydrogen-bond donors (Lipinski definition) is 1. The summed E-state index contributed by atoms with van der Waals surface area (Å²) in [5.41, 5.74) is 1.46. The average Bonchev–Trinajstić information content (AvgIpc) is 2.97. The van der Waals surface area contributed by atoms with E-state index < -0.39 is 0 Å². The molecule has 0 bridgehead atoms. The molecule has 5 nitrogen and oxygen atoms in total. The Labute approximate surface area is 178 Å². The van der Waals surface area contributed by atoms with Crippen LogP contribution in [0.4, 0.5) is 0 Å². The van der Waals surface area contributed by atoms with Gasteiger partial charge in [-0.3, -0.25) is 9.79 Å². The first-order valence-electron chi connectivity index (χ1n) is 9.78. The highest BCUT2D eigenvalue weighted by Crippen LogP contribution is 2.32. The number of carbonyl (C=O) groups excluding carboxylic acids is 1. The first-order chi connectivity index (χ1) is 13.1. The van der Waals surface area contributed by atoms with Gasteiger partial charge in [0, 0.05) is 36.9 Å². The minimum atomic E-state index is -0.276. The molecule has 0 atom stereocenters. The Hall–Kier alpha value is -1.53. The predicted molar refractivity (Wildman–Crippen MR) is 122 cm³/mol. The molecule has 1 rings (SSSR count). The number of allylic oxidation sites excluding steroid dienone is 1. The number of thiazole rings is 1. The lowest BCUT2D eigenvalue weighted by molar-refractivity contribution is -0.118. The number of carbonyl (C=O) groups is 1. The molecule has 0 saturated heterocycles. The number of rotatable bonds is 11. The zero-order chi connectivity index (χ0) is 21.3. The number of hydrogen-bond acceptors (Lipinski definition) is 5. The van der Waals surface area contributed by atoms with Crippen LogP contribution in [-0.2, 0) is 11.2 Å². The van der Waals surface area contributed by atoms with Crippen LogP contribution in [0.3, 0.4) is 0 Å². The van der Waals surface area contributed by atoms with Crippen LogP contribution >= 0.6 is 22.9 Å². The van der Waals surface area contributed by atoms with Crippen molar-refractivity contribution in [1.29, 1.82) is 5.41 Å². The molecule has 1 aromatic rings. The second-order valence-corrected chi connectivity index (χ2v) is 9.88. The van der Waals surface area contributed by atoms with E-state index in [2.05, 4.69) is 25.8 Å². The van der Waals surface area contributed by atoms with Gasteiger partial charge in [-0.25, -0.2) is 4.98 Å². The maximum Gasteiger partial charge on any atom is 0.209 e. The lowest BCUT2D eigenvalue weighted by Crippen LogP contribution is -2.24. The van der Waals surface area contributed by atoms with Gasteiger partial charge in [0.05, 0.1) is 10.7 Å². The third-order valence-electron chi connectivity index (χ3n) is 3.97. The minimum absolute atomic E-state index is 0.276. The van der Waals surface area contributed by atoms with E-state index in [1.165, 1.54) is 11.3 Å². The zero-order valence-corrected chi connectivity index (χ0v) is 19.5. The largest absolute Gasteiger partial charge is 0.345 e. The van der Waals surface area contributed by atoms with Gasteiger partial charge in [0.25, 0.3) is 0 Å². The minimum Gasteiger partial charge on any atom is -0.345 e. The summed E-state index contributed by atoms with van der Waals surface area (Å²) >= 11 is 7.92. The summed E-state index contributed by atoms with van der Waals surface area (Å²) in [6.07, 6.45) is 7.07. The Morgan fingerprint density at radius 1 is 1.36 bits per heavy atom. The van der Waals surface area contributed by atoms with E-state index in [1.54, 1.807) is 11.0 Å². The summed E-state index contributed by atoms with van der Waals surface area (Å²) < 4.78 is 0.588. The Morgan fingerprint density at radius 2 is 2.04 bits per heavy atom. The second kappa shape index (κ2) is 11.5. The number of aromatic nitrogens is 1. The van der Waals surface area contributed by atoms with E-state index in [0.29, 0.717) is 28.0 Å².